The van der Waals surface area contributed by atoms with Crippen LogP contribution in [0.5, 0.6) is 5.75 Å². The third-order valence-electron chi connectivity index (χ3n) is 6.01. The SMILES string of the molecule is O=C(CC1CCC(CCc2cccc(OC(F)(F)F)c2)CC1)c1cc(C(F)(F)F)ccc1Cl. The summed E-state index contributed by atoms with van der Waals surface area (Å²) < 4.78 is 79.9. The fourth-order valence-electron chi connectivity index (χ4n) is 4.28. The van der Waals surface area contributed by atoms with Crippen molar-refractivity contribution < 1.29 is 35.9 Å². The second-order valence-corrected chi connectivity index (χ2v) is 8.85. The van der Waals surface area contributed by atoms with Gasteiger partial charge in [0.25, 0.3) is 0 Å². The number of hydrogen-bond acceptors (Lipinski definition) is 2. The minimum absolute atomic E-state index is 0.0124. The maximum Gasteiger partial charge on any atom is 0.573 e. The predicted molar refractivity (Wildman–Crippen MR) is 112 cm³/mol. The average Bonchev–Trinajstić information content (AvgIpc) is 2.71. The second kappa shape index (κ2) is 10.4. The predicted octanol–water partition coefficient (Wildman–Crippen LogP) is 8.27. The molecule has 1 aliphatic carbocycles. The maximum absolute atomic E-state index is 12.9. The standard InChI is InChI=1S/C24H23ClF6O2/c25-21-11-10-18(23(26,27)28)14-20(21)22(32)13-17-8-5-15(6-9-17)4-7-16-2-1-3-19(12-16)33-24(29,30)31/h1-3,10-12,14-15,17H,4-9,13H2. The molecule has 3 rings (SSSR count). The molecule has 1 aliphatic rings. The van der Waals surface area contributed by atoms with Crippen molar-refractivity contribution in [1.29, 1.82) is 0 Å². The van der Waals surface area contributed by atoms with E-state index in [0.29, 0.717) is 12.3 Å². The Labute approximate surface area is 192 Å². The van der Waals surface area contributed by atoms with Crippen LogP contribution in [0.2, 0.25) is 5.02 Å². The summed E-state index contributed by atoms with van der Waals surface area (Å²) in [4.78, 5) is 12.6. The molecule has 33 heavy (non-hydrogen) atoms. The third kappa shape index (κ3) is 7.66. The van der Waals surface area contributed by atoms with Gasteiger partial charge in [0.15, 0.2) is 5.78 Å². The molecule has 9 heteroatoms. The first-order chi connectivity index (χ1) is 15.4. The van der Waals surface area contributed by atoms with Crippen molar-refractivity contribution in [3.8, 4) is 5.75 Å². The Morgan fingerprint density at radius 2 is 1.61 bits per heavy atom. The molecular formula is C24H23ClF6O2. The van der Waals surface area contributed by atoms with Crippen molar-refractivity contribution in [2.45, 2.75) is 57.5 Å². The second-order valence-electron chi connectivity index (χ2n) is 8.44. The molecule has 2 nitrogen and oxygen atoms in total. The highest BCUT2D eigenvalue weighted by atomic mass is 35.5. The number of ketones is 1. The molecule has 0 atom stereocenters. The minimum atomic E-state index is -4.73. The molecule has 0 aliphatic heterocycles. The van der Waals surface area contributed by atoms with Crippen LogP contribution in [0, 0.1) is 11.8 Å². The van der Waals surface area contributed by atoms with Crippen LogP contribution < -0.4 is 4.74 Å². The largest absolute Gasteiger partial charge is 0.573 e. The molecule has 2 aromatic carbocycles. The first kappa shape index (κ1) is 25.4. The van der Waals surface area contributed by atoms with E-state index in [1.165, 1.54) is 18.2 Å². The quantitative estimate of drug-likeness (QED) is 0.287. The zero-order valence-corrected chi connectivity index (χ0v) is 18.4. The average molecular weight is 493 g/mol. The lowest BCUT2D eigenvalue weighted by molar-refractivity contribution is -0.274. The Bertz CT molecular complexity index is 962. The lowest BCUT2D eigenvalue weighted by atomic mass is 9.77. The summed E-state index contributed by atoms with van der Waals surface area (Å²) in [7, 11) is 0. The molecule has 0 heterocycles. The third-order valence-corrected chi connectivity index (χ3v) is 6.34. The van der Waals surface area contributed by atoms with Crippen molar-refractivity contribution >= 4 is 17.4 Å². The summed E-state index contributed by atoms with van der Waals surface area (Å²) in [5, 5.41) is 0.0124. The fourth-order valence-corrected chi connectivity index (χ4v) is 4.50. The highest BCUT2D eigenvalue weighted by molar-refractivity contribution is 6.34. The number of ether oxygens (including phenoxy) is 1. The van der Waals surface area contributed by atoms with E-state index in [1.54, 1.807) is 6.07 Å². The lowest BCUT2D eigenvalue weighted by Crippen LogP contribution is -2.19. The molecule has 0 spiro atoms. The lowest BCUT2D eigenvalue weighted by Gasteiger charge is -2.28. The van der Waals surface area contributed by atoms with Crippen molar-refractivity contribution in [3.05, 3.63) is 64.2 Å². The number of carbonyl (C=O) groups excluding carboxylic acids is 1. The van der Waals surface area contributed by atoms with Crippen LogP contribution in [0.3, 0.4) is 0 Å². The molecule has 0 saturated heterocycles. The van der Waals surface area contributed by atoms with E-state index < -0.39 is 23.9 Å². The van der Waals surface area contributed by atoms with E-state index in [0.717, 1.165) is 55.9 Å². The Hall–Kier alpha value is -2.22. The van der Waals surface area contributed by atoms with Gasteiger partial charge in [-0.25, -0.2) is 0 Å². The maximum atomic E-state index is 12.9. The number of Topliss-reactive ketones (excluding diaryl/α,β-unsaturated/α-hetero) is 1. The van der Waals surface area contributed by atoms with Gasteiger partial charge in [-0.15, -0.1) is 13.2 Å². The van der Waals surface area contributed by atoms with Gasteiger partial charge in [-0.3, -0.25) is 4.79 Å². The van der Waals surface area contributed by atoms with Gasteiger partial charge in [-0.05, 0) is 73.4 Å². The van der Waals surface area contributed by atoms with Crippen LogP contribution >= 0.6 is 11.6 Å². The zero-order chi connectivity index (χ0) is 24.2. The molecule has 1 saturated carbocycles. The molecule has 2 aromatic rings. The van der Waals surface area contributed by atoms with Gasteiger partial charge in [0.05, 0.1) is 10.6 Å². The Kier molecular flexibility index (Phi) is 7.98. The van der Waals surface area contributed by atoms with Crippen LogP contribution in [0.25, 0.3) is 0 Å². The van der Waals surface area contributed by atoms with Crippen LogP contribution in [0.15, 0.2) is 42.5 Å². The summed E-state index contributed by atoms with van der Waals surface area (Å²) in [6.45, 7) is 0. The molecule has 0 unspecified atom stereocenters. The van der Waals surface area contributed by atoms with Gasteiger partial charge in [-0.2, -0.15) is 13.2 Å². The number of carbonyl (C=O) groups is 1. The Morgan fingerprint density at radius 1 is 0.939 bits per heavy atom. The van der Waals surface area contributed by atoms with Crippen molar-refractivity contribution in [3.63, 3.8) is 0 Å². The number of alkyl halides is 6. The van der Waals surface area contributed by atoms with Gasteiger partial charge >= 0.3 is 12.5 Å². The Balaban J connectivity index is 1.49. The van der Waals surface area contributed by atoms with E-state index in [-0.39, 0.29) is 28.7 Å². The number of rotatable bonds is 7. The molecular weight excluding hydrogens is 470 g/mol. The molecule has 0 radical (unpaired) electrons. The number of aryl methyl sites for hydroxylation is 1. The van der Waals surface area contributed by atoms with Crippen molar-refractivity contribution in [1.82, 2.24) is 0 Å². The topological polar surface area (TPSA) is 26.3 Å². The molecule has 0 amide bonds. The molecule has 1 fully saturated rings. The molecule has 0 bridgehead atoms. The van der Waals surface area contributed by atoms with Gasteiger partial charge in [0, 0.05) is 12.0 Å². The monoisotopic (exact) mass is 492 g/mol. The van der Waals surface area contributed by atoms with Crippen LogP contribution in [0.4, 0.5) is 26.3 Å². The summed E-state index contributed by atoms with van der Waals surface area (Å²) >= 11 is 5.97. The highest BCUT2D eigenvalue weighted by Gasteiger charge is 2.33. The van der Waals surface area contributed by atoms with Gasteiger partial charge in [0.2, 0.25) is 0 Å². The number of benzene rings is 2. The number of halogens is 7. The van der Waals surface area contributed by atoms with Gasteiger partial charge < -0.3 is 4.74 Å². The highest BCUT2D eigenvalue weighted by Crippen LogP contribution is 2.36. The minimum Gasteiger partial charge on any atom is -0.406 e. The molecule has 180 valence electrons. The zero-order valence-electron chi connectivity index (χ0n) is 17.6. The van der Waals surface area contributed by atoms with Crippen LogP contribution in [0.1, 0.15) is 60.0 Å². The van der Waals surface area contributed by atoms with Crippen LogP contribution in [-0.4, -0.2) is 12.1 Å². The molecule has 0 aromatic heterocycles. The summed E-state index contributed by atoms with van der Waals surface area (Å²) in [5.41, 5.74) is -0.244. The Morgan fingerprint density at radius 3 is 2.24 bits per heavy atom. The summed E-state index contributed by atoms with van der Waals surface area (Å²) in [6, 6.07) is 8.70. The fraction of sp³-hybridized carbons (Fsp3) is 0.458. The van der Waals surface area contributed by atoms with E-state index in [2.05, 4.69) is 4.74 Å². The van der Waals surface area contributed by atoms with Crippen molar-refractivity contribution in [2.24, 2.45) is 11.8 Å². The normalized spacial score (nSPS) is 19.4. The van der Waals surface area contributed by atoms with Crippen molar-refractivity contribution in [2.75, 3.05) is 0 Å². The summed E-state index contributed by atoms with van der Waals surface area (Å²) in [5.74, 6) is -0.185. The first-order valence-corrected chi connectivity index (χ1v) is 11.0. The van der Waals surface area contributed by atoms with Gasteiger partial charge in [0.1, 0.15) is 5.75 Å². The first-order valence-electron chi connectivity index (χ1n) is 10.7. The van der Waals surface area contributed by atoms with E-state index in [4.69, 9.17) is 11.6 Å². The van der Waals surface area contributed by atoms with E-state index in [1.807, 2.05) is 0 Å². The molecule has 0 N–H and O–H groups in total. The number of hydrogen-bond donors (Lipinski definition) is 0. The van der Waals surface area contributed by atoms with Crippen LogP contribution in [-0.2, 0) is 12.6 Å². The van der Waals surface area contributed by atoms with E-state index in [9.17, 15) is 31.1 Å². The van der Waals surface area contributed by atoms with E-state index >= 15 is 0 Å². The summed E-state index contributed by atoms with van der Waals surface area (Å²) in [6.07, 6.45) is -4.47. The van der Waals surface area contributed by atoms with Gasteiger partial charge in [-0.1, -0.05) is 36.6 Å². The smallest absolute Gasteiger partial charge is 0.406 e.